The summed E-state index contributed by atoms with van der Waals surface area (Å²) in [4.78, 5) is 26.7. The van der Waals surface area contributed by atoms with Crippen molar-refractivity contribution in [3.8, 4) is 0 Å². The minimum atomic E-state index is -4.65. The van der Waals surface area contributed by atoms with Crippen LogP contribution in [0.3, 0.4) is 0 Å². The lowest BCUT2D eigenvalue weighted by molar-refractivity contribution is -0.236. The number of benzene rings is 1. The second kappa shape index (κ2) is 7.35. The molecule has 31 heavy (non-hydrogen) atoms. The van der Waals surface area contributed by atoms with Crippen LogP contribution in [0.5, 0.6) is 0 Å². The van der Waals surface area contributed by atoms with E-state index in [2.05, 4.69) is 20.2 Å². The van der Waals surface area contributed by atoms with Crippen molar-refractivity contribution in [2.24, 2.45) is 5.73 Å². The second-order valence-corrected chi connectivity index (χ2v) is 8.34. The molecule has 2 amide bonds. The third-order valence-electron chi connectivity index (χ3n) is 6.24. The second-order valence-electron chi connectivity index (χ2n) is 8.34. The van der Waals surface area contributed by atoms with Crippen molar-refractivity contribution in [3.05, 3.63) is 35.6 Å². The fraction of sp³-hybridized carbons (Fsp3) is 0.500. The van der Waals surface area contributed by atoms with E-state index in [-0.39, 0.29) is 29.6 Å². The van der Waals surface area contributed by atoms with Gasteiger partial charge in [-0.2, -0.15) is 17.8 Å². The lowest BCUT2D eigenvalue weighted by atomic mass is 9.63. The molecule has 0 aliphatic carbocycles. The first kappa shape index (κ1) is 21.3. The van der Waals surface area contributed by atoms with Crippen LogP contribution in [0.15, 0.2) is 24.3 Å². The predicted octanol–water partition coefficient (Wildman–Crippen LogP) is 0.825. The van der Waals surface area contributed by atoms with Crippen LogP contribution in [0, 0.1) is 5.82 Å². The molecule has 3 aliphatic rings. The number of nitrogens with one attached hydrogen (secondary N) is 2. The number of halogens is 4. The van der Waals surface area contributed by atoms with Gasteiger partial charge >= 0.3 is 17.9 Å². The number of amides is 2. The summed E-state index contributed by atoms with van der Waals surface area (Å²) in [6.45, 7) is 0.750. The number of alkyl halides is 3. The number of hydrogen-bond donors (Lipinski definition) is 3. The van der Waals surface area contributed by atoms with Gasteiger partial charge < -0.3 is 10.6 Å². The van der Waals surface area contributed by atoms with Crippen LogP contribution >= 0.6 is 0 Å². The molecule has 1 aromatic rings. The Bertz CT molecular complexity index is 986. The molecule has 3 aliphatic heterocycles. The summed E-state index contributed by atoms with van der Waals surface area (Å²) in [5.74, 6) is -2.38. The molecule has 1 aromatic carbocycles. The Morgan fingerprint density at radius 2 is 1.87 bits per heavy atom. The molecule has 4 rings (SSSR count). The van der Waals surface area contributed by atoms with Crippen LogP contribution in [0.2, 0.25) is 0 Å². The fourth-order valence-electron chi connectivity index (χ4n) is 4.94. The number of nitrogens with two attached hydrogens (primary N) is 1. The monoisotopic (exact) mass is 440 g/mol. The van der Waals surface area contributed by atoms with Crippen molar-refractivity contribution in [1.29, 1.82) is 0 Å². The molecule has 166 valence electrons. The van der Waals surface area contributed by atoms with Crippen LogP contribution in [0.4, 0.5) is 17.6 Å². The average Bonchev–Trinajstić information content (AvgIpc) is 2.64. The Hall–Kier alpha value is -2.91. The van der Waals surface area contributed by atoms with Crippen molar-refractivity contribution >= 4 is 23.4 Å². The topological polar surface area (TPSA) is 102 Å². The van der Waals surface area contributed by atoms with Gasteiger partial charge in [0.15, 0.2) is 0 Å². The van der Waals surface area contributed by atoms with Gasteiger partial charge in [-0.25, -0.2) is 4.39 Å². The molecule has 4 N–H and O–H groups in total. The number of rotatable bonds is 3. The molecule has 0 bridgehead atoms. The molecule has 0 spiro atoms. The highest BCUT2D eigenvalue weighted by atomic mass is 19.4. The number of hydrogen-bond acceptors (Lipinski definition) is 3. The van der Waals surface area contributed by atoms with Gasteiger partial charge in [-0.15, -0.1) is 0 Å². The van der Waals surface area contributed by atoms with E-state index in [9.17, 15) is 27.2 Å². The van der Waals surface area contributed by atoms with Crippen molar-refractivity contribution < 1.29 is 27.2 Å². The van der Waals surface area contributed by atoms with E-state index in [0.29, 0.717) is 25.7 Å². The van der Waals surface area contributed by atoms with Gasteiger partial charge in [0.25, 0.3) is 11.6 Å². The summed E-state index contributed by atoms with van der Waals surface area (Å²) < 4.78 is 54.3. The number of amidine groups is 1. The largest absolute Gasteiger partial charge is 0.465 e. The van der Waals surface area contributed by atoms with Crippen LogP contribution in [-0.4, -0.2) is 58.2 Å². The van der Waals surface area contributed by atoms with Gasteiger partial charge in [0, 0.05) is 30.6 Å². The first-order valence-corrected chi connectivity index (χ1v) is 9.91. The summed E-state index contributed by atoms with van der Waals surface area (Å²) in [6.07, 6.45) is -2.10. The molecule has 3 saturated heterocycles. The zero-order chi connectivity index (χ0) is 22.6. The Morgan fingerprint density at radius 1 is 1.23 bits per heavy atom. The van der Waals surface area contributed by atoms with E-state index in [0.717, 1.165) is 6.92 Å². The average molecular weight is 440 g/mol. The predicted molar refractivity (Wildman–Crippen MR) is 104 cm³/mol. The number of carbonyl (C=O) groups is 2. The fourth-order valence-corrected chi connectivity index (χ4v) is 4.94. The van der Waals surface area contributed by atoms with E-state index in [1.165, 1.54) is 18.2 Å². The molecule has 11 heteroatoms. The van der Waals surface area contributed by atoms with E-state index in [1.54, 1.807) is 6.07 Å². The smallest absolute Gasteiger partial charge is 0.349 e. The molecule has 2 unspecified atom stereocenters. The minimum Gasteiger partial charge on any atom is -0.349 e. The maximum Gasteiger partial charge on any atom is 0.465 e. The molecule has 0 radical (unpaired) electrons. The molecule has 2 atom stereocenters. The van der Waals surface area contributed by atoms with Crippen molar-refractivity contribution in [2.75, 3.05) is 0 Å². The maximum absolute atomic E-state index is 13.3. The quantitative estimate of drug-likeness (QED) is 0.280. The van der Waals surface area contributed by atoms with E-state index < -0.39 is 35.1 Å². The minimum absolute atomic E-state index is 0.0771. The molecular formula is C20H22F4N5O2+. The highest BCUT2D eigenvalue weighted by Gasteiger charge is 2.66. The van der Waals surface area contributed by atoms with Gasteiger partial charge in [-0.3, -0.25) is 20.2 Å². The van der Waals surface area contributed by atoms with Crippen molar-refractivity contribution in [1.82, 2.24) is 20.2 Å². The van der Waals surface area contributed by atoms with Gasteiger partial charge in [0.05, 0.1) is 5.66 Å². The van der Waals surface area contributed by atoms with E-state index in [4.69, 9.17) is 5.73 Å². The highest BCUT2D eigenvalue weighted by molar-refractivity contribution is 6.37. The Morgan fingerprint density at radius 3 is 2.45 bits per heavy atom. The summed E-state index contributed by atoms with van der Waals surface area (Å²) in [6, 6.07) is 5.66. The lowest BCUT2D eigenvalue weighted by Crippen LogP contribution is -2.87. The zero-order valence-corrected chi connectivity index (χ0v) is 16.7. The molecule has 0 saturated carbocycles. The Balaban J connectivity index is 1.35. The molecule has 7 nitrogen and oxygen atoms in total. The summed E-state index contributed by atoms with van der Waals surface area (Å²) in [7, 11) is 0. The molecule has 0 aromatic heterocycles. The number of nitrogens with zero attached hydrogens (tertiary/aromatic N) is 2. The van der Waals surface area contributed by atoms with Gasteiger partial charge in [0.2, 0.25) is 0 Å². The molecule has 3 fully saturated rings. The first-order valence-electron chi connectivity index (χ1n) is 9.91. The number of piperidine rings is 2. The first-order chi connectivity index (χ1) is 14.5. The standard InChI is InChI=1S/C20H21F4N5O2/c1-10(20(22,23)24)26-16(25)18(31)28-19-8-14-6-13(7-15(9-19)29(14)19)27-17(30)11-3-2-4-12(21)5-11/h2-5,13-15,25H,6-9H2,1H3,(H2,27,28,30,31)/p+1. The maximum atomic E-state index is 13.3. The van der Waals surface area contributed by atoms with Crippen molar-refractivity contribution in [2.45, 2.75) is 62.6 Å². The molecule has 3 heterocycles. The Kier molecular flexibility index (Phi) is 5.06. The third-order valence-corrected chi connectivity index (χ3v) is 6.24. The summed E-state index contributed by atoms with van der Waals surface area (Å²) >= 11 is 0. The SMILES string of the molecule is CC(=[N+]=C(N)C(=O)NC12CC3CC(NC(=O)c4cccc(F)c4)CC(C1)N32)C(F)(F)F. The normalized spacial score (nSPS) is 28.9. The lowest BCUT2D eigenvalue weighted by Gasteiger charge is -2.73. The van der Waals surface area contributed by atoms with Crippen LogP contribution < -0.4 is 21.0 Å². The number of carbonyl (C=O) groups excluding carboxylic acids is 2. The summed E-state index contributed by atoms with van der Waals surface area (Å²) in [5, 5.41) is 5.67. The Labute approximate surface area is 175 Å². The molecular weight excluding hydrogens is 418 g/mol. The van der Waals surface area contributed by atoms with Gasteiger partial charge in [-0.05, 0) is 43.9 Å². The van der Waals surface area contributed by atoms with Crippen molar-refractivity contribution in [3.63, 3.8) is 0 Å². The van der Waals surface area contributed by atoms with Crippen LogP contribution in [0.25, 0.3) is 0 Å². The van der Waals surface area contributed by atoms with E-state index >= 15 is 0 Å². The van der Waals surface area contributed by atoms with Gasteiger partial charge in [-0.1, -0.05) is 6.07 Å². The van der Waals surface area contributed by atoms with Gasteiger partial charge in [0.1, 0.15) is 5.82 Å². The van der Waals surface area contributed by atoms with Crippen LogP contribution in [-0.2, 0) is 4.79 Å². The third kappa shape index (κ3) is 3.90. The zero-order valence-electron chi connectivity index (χ0n) is 16.7. The van der Waals surface area contributed by atoms with Crippen LogP contribution in [0.1, 0.15) is 43.0 Å². The highest BCUT2D eigenvalue weighted by Crippen LogP contribution is 2.55. The summed E-state index contributed by atoms with van der Waals surface area (Å²) in [5.41, 5.74) is 3.91. The van der Waals surface area contributed by atoms with E-state index in [1.807, 2.05) is 0 Å².